The molecule has 5 nitrogen and oxygen atoms in total. The Bertz CT molecular complexity index is 624. The van der Waals surface area contributed by atoms with Crippen molar-refractivity contribution in [1.82, 2.24) is 4.90 Å². The van der Waals surface area contributed by atoms with Gasteiger partial charge in [0, 0.05) is 12.0 Å². The summed E-state index contributed by atoms with van der Waals surface area (Å²) in [5.74, 6) is -0.514. The van der Waals surface area contributed by atoms with Crippen molar-refractivity contribution in [1.29, 1.82) is 0 Å². The molecule has 0 spiro atoms. The molecule has 1 aliphatic heterocycles. The number of Topliss-reactive ketones (excluding diaryl/α,β-unsaturated/α-hetero) is 1. The summed E-state index contributed by atoms with van der Waals surface area (Å²) in [7, 11) is 1.48. The lowest BCUT2D eigenvalue weighted by Gasteiger charge is -2.17. The summed E-state index contributed by atoms with van der Waals surface area (Å²) in [5.41, 5.74) is -0.402. The van der Waals surface area contributed by atoms with Gasteiger partial charge in [-0.05, 0) is 18.2 Å². The zero-order valence-electron chi connectivity index (χ0n) is 12.1. The fourth-order valence-electron chi connectivity index (χ4n) is 2.26. The van der Waals surface area contributed by atoms with Gasteiger partial charge in [0.25, 0.3) is 0 Å². The fraction of sp³-hybridized carbons (Fsp3) is 0.400. The van der Waals surface area contributed by atoms with Crippen LogP contribution >= 0.6 is 11.6 Å². The highest BCUT2D eigenvalue weighted by Gasteiger charge is 2.45. The average Bonchev–Trinajstić information content (AvgIpc) is 2.60. The molecule has 1 aliphatic rings. The number of likely N-dealkylation sites (tertiary alicyclic amines) is 1. The van der Waals surface area contributed by atoms with Gasteiger partial charge in [0.15, 0.2) is 5.78 Å². The van der Waals surface area contributed by atoms with E-state index in [-0.39, 0.29) is 30.6 Å². The topological polar surface area (TPSA) is 63.7 Å². The van der Waals surface area contributed by atoms with Crippen LogP contribution in [0.2, 0.25) is 5.02 Å². The Morgan fingerprint density at radius 1 is 1.38 bits per heavy atom. The zero-order valence-corrected chi connectivity index (χ0v) is 12.9. The molecule has 0 saturated carbocycles. The van der Waals surface area contributed by atoms with Crippen LogP contribution in [0, 0.1) is 5.41 Å². The van der Waals surface area contributed by atoms with E-state index in [2.05, 4.69) is 0 Å². The number of imide groups is 1. The van der Waals surface area contributed by atoms with Crippen molar-refractivity contribution in [3.8, 4) is 5.75 Å². The number of nitrogens with zero attached hydrogens (tertiary/aromatic N) is 1. The highest BCUT2D eigenvalue weighted by molar-refractivity contribution is 6.32. The molecular formula is C15H16ClNO4. The van der Waals surface area contributed by atoms with Crippen molar-refractivity contribution in [2.75, 3.05) is 13.7 Å². The van der Waals surface area contributed by atoms with Crippen molar-refractivity contribution in [2.45, 2.75) is 20.3 Å². The number of carbonyl (C=O) groups excluding carboxylic acids is 3. The number of carbonyl (C=O) groups is 3. The Hall–Kier alpha value is -1.88. The van der Waals surface area contributed by atoms with Gasteiger partial charge in [0.2, 0.25) is 11.8 Å². The smallest absolute Gasteiger partial charge is 0.235 e. The monoisotopic (exact) mass is 309 g/mol. The second-order valence-electron chi connectivity index (χ2n) is 5.62. The molecule has 0 unspecified atom stereocenters. The van der Waals surface area contributed by atoms with Gasteiger partial charge in [-0.3, -0.25) is 19.3 Å². The summed E-state index contributed by atoms with van der Waals surface area (Å²) in [5, 5.41) is 0.308. The minimum Gasteiger partial charge on any atom is -0.495 e. The van der Waals surface area contributed by atoms with Crippen molar-refractivity contribution >= 4 is 29.2 Å². The maximum atomic E-state index is 12.2. The largest absolute Gasteiger partial charge is 0.495 e. The van der Waals surface area contributed by atoms with Gasteiger partial charge in [0.05, 0.1) is 24.1 Å². The van der Waals surface area contributed by atoms with E-state index in [0.717, 1.165) is 4.90 Å². The first kappa shape index (κ1) is 15.5. The molecular weight excluding hydrogens is 294 g/mol. The first-order chi connectivity index (χ1) is 9.76. The van der Waals surface area contributed by atoms with E-state index >= 15 is 0 Å². The maximum Gasteiger partial charge on any atom is 0.235 e. The number of halogens is 1. The Morgan fingerprint density at radius 2 is 2.05 bits per heavy atom. The van der Waals surface area contributed by atoms with Crippen molar-refractivity contribution in [3.05, 3.63) is 28.8 Å². The number of ketones is 1. The molecule has 0 radical (unpaired) electrons. The van der Waals surface area contributed by atoms with Gasteiger partial charge in [-0.15, -0.1) is 0 Å². The van der Waals surface area contributed by atoms with Crippen molar-refractivity contribution in [3.63, 3.8) is 0 Å². The summed E-state index contributed by atoms with van der Waals surface area (Å²) in [6.45, 7) is 3.13. The van der Waals surface area contributed by atoms with Crippen LogP contribution in [0.1, 0.15) is 30.6 Å². The van der Waals surface area contributed by atoms with Crippen molar-refractivity contribution in [2.24, 2.45) is 5.41 Å². The Morgan fingerprint density at radius 3 is 2.52 bits per heavy atom. The summed E-state index contributed by atoms with van der Waals surface area (Å²) in [6.07, 6.45) is 0.127. The standard InChI is InChI=1S/C15H16ClNO4/c1-15(2)7-13(19)17(14(15)20)8-11(18)9-4-5-12(21-3)10(16)6-9/h4-6H,7-8H2,1-3H3. The normalized spacial score (nSPS) is 17.2. The van der Waals surface area contributed by atoms with E-state index in [1.165, 1.54) is 13.2 Å². The van der Waals surface area contributed by atoms with Crippen LogP contribution in [0.5, 0.6) is 5.75 Å². The zero-order chi connectivity index (χ0) is 15.8. The number of ether oxygens (including phenoxy) is 1. The van der Waals surface area contributed by atoms with Gasteiger partial charge in [-0.25, -0.2) is 0 Å². The lowest BCUT2D eigenvalue weighted by atomic mass is 9.92. The third-order valence-corrected chi connectivity index (χ3v) is 3.79. The SMILES string of the molecule is COc1ccc(C(=O)CN2C(=O)CC(C)(C)C2=O)cc1Cl. The van der Waals surface area contributed by atoms with E-state index in [1.54, 1.807) is 26.0 Å². The van der Waals surface area contributed by atoms with Crippen LogP contribution in [0.15, 0.2) is 18.2 Å². The molecule has 1 fully saturated rings. The van der Waals surface area contributed by atoms with E-state index in [9.17, 15) is 14.4 Å². The average molecular weight is 310 g/mol. The molecule has 6 heteroatoms. The minimum atomic E-state index is -0.741. The molecule has 0 N–H and O–H groups in total. The van der Waals surface area contributed by atoms with Crippen LogP contribution in [-0.4, -0.2) is 36.2 Å². The first-order valence-corrected chi connectivity index (χ1v) is 6.85. The molecule has 2 amide bonds. The van der Waals surface area contributed by atoms with Gasteiger partial charge < -0.3 is 4.74 Å². The van der Waals surface area contributed by atoms with E-state index in [4.69, 9.17) is 16.3 Å². The number of hydrogen-bond donors (Lipinski definition) is 0. The highest BCUT2D eigenvalue weighted by Crippen LogP contribution is 2.32. The number of hydrogen-bond acceptors (Lipinski definition) is 4. The van der Waals surface area contributed by atoms with E-state index in [1.807, 2.05) is 0 Å². The van der Waals surface area contributed by atoms with Gasteiger partial charge in [-0.1, -0.05) is 25.4 Å². The van der Waals surface area contributed by atoms with Gasteiger partial charge >= 0.3 is 0 Å². The molecule has 0 aliphatic carbocycles. The fourth-order valence-corrected chi connectivity index (χ4v) is 2.52. The third-order valence-electron chi connectivity index (χ3n) is 3.49. The van der Waals surface area contributed by atoms with Crippen LogP contribution in [0.4, 0.5) is 0 Å². The third kappa shape index (κ3) is 2.93. The molecule has 1 saturated heterocycles. The second-order valence-corrected chi connectivity index (χ2v) is 6.03. The number of methoxy groups -OCH3 is 1. The molecule has 0 atom stereocenters. The predicted octanol–water partition coefficient (Wildman–Crippen LogP) is 2.32. The Labute approximate surface area is 127 Å². The number of benzene rings is 1. The van der Waals surface area contributed by atoms with Crippen LogP contribution in [0.3, 0.4) is 0 Å². The maximum absolute atomic E-state index is 12.2. The number of rotatable bonds is 4. The molecule has 112 valence electrons. The molecule has 1 aromatic carbocycles. The van der Waals surface area contributed by atoms with Crippen molar-refractivity contribution < 1.29 is 19.1 Å². The summed E-state index contributed by atoms with van der Waals surface area (Å²) in [4.78, 5) is 37.1. The van der Waals surface area contributed by atoms with Gasteiger partial charge in [-0.2, -0.15) is 0 Å². The molecule has 0 aromatic heterocycles. The highest BCUT2D eigenvalue weighted by atomic mass is 35.5. The van der Waals surface area contributed by atoms with Gasteiger partial charge in [0.1, 0.15) is 5.75 Å². The predicted molar refractivity (Wildman–Crippen MR) is 77.5 cm³/mol. The van der Waals surface area contributed by atoms with Crippen LogP contribution in [0.25, 0.3) is 0 Å². The lowest BCUT2D eigenvalue weighted by Crippen LogP contribution is -2.37. The Balaban J connectivity index is 2.17. The molecule has 0 bridgehead atoms. The molecule has 1 aromatic rings. The number of amides is 2. The Kier molecular flexibility index (Phi) is 4.05. The summed E-state index contributed by atoms with van der Waals surface area (Å²) in [6, 6.07) is 4.61. The second kappa shape index (κ2) is 5.48. The summed E-state index contributed by atoms with van der Waals surface area (Å²) < 4.78 is 5.01. The van der Waals surface area contributed by atoms with Crippen LogP contribution < -0.4 is 4.74 Å². The van der Waals surface area contributed by atoms with E-state index in [0.29, 0.717) is 16.3 Å². The minimum absolute atomic E-state index is 0.127. The molecule has 2 rings (SSSR count). The summed E-state index contributed by atoms with van der Waals surface area (Å²) >= 11 is 5.97. The van der Waals surface area contributed by atoms with Crippen LogP contribution in [-0.2, 0) is 9.59 Å². The first-order valence-electron chi connectivity index (χ1n) is 6.48. The lowest BCUT2D eigenvalue weighted by molar-refractivity contribution is -0.140. The quantitative estimate of drug-likeness (QED) is 0.632. The molecule has 1 heterocycles. The molecule has 21 heavy (non-hydrogen) atoms. The van der Waals surface area contributed by atoms with E-state index < -0.39 is 5.41 Å².